The zero-order valence-electron chi connectivity index (χ0n) is 6.82. The molecule has 0 atom stereocenters. The molecule has 0 unspecified atom stereocenters. The molecule has 0 fully saturated rings. The summed E-state index contributed by atoms with van der Waals surface area (Å²) in [6, 6.07) is 0. The molecule has 56 valence electrons. The number of hydrogen-bond donors (Lipinski definition) is 0. The number of allylic oxidation sites excluding steroid dienone is 2. The Bertz CT molecular complexity index is 127. The summed E-state index contributed by atoms with van der Waals surface area (Å²) >= 11 is 0. The summed E-state index contributed by atoms with van der Waals surface area (Å²) in [6.07, 6.45) is 5.33. The van der Waals surface area contributed by atoms with Crippen molar-refractivity contribution in [2.45, 2.75) is 13.8 Å². The second-order valence-corrected chi connectivity index (χ2v) is 1.86. The molecule has 0 aromatic rings. The van der Waals surface area contributed by atoms with E-state index in [9.17, 15) is 0 Å². The zero-order chi connectivity index (χ0) is 7.98. The molecule has 0 heterocycles. The van der Waals surface area contributed by atoms with Crippen molar-refractivity contribution < 1.29 is 9.47 Å². The maximum absolute atomic E-state index is 4.67. The predicted octanol–water partition coefficient (Wildman–Crippen LogP) is 1.69. The monoisotopic (exact) mass is 140 g/mol. The number of hydrogen-bond acceptors (Lipinski definition) is 2. The van der Waals surface area contributed by atoms with Gasteiger partial charge in [-0.05, 0) is 13.8 Å². The van der Waals surface area contributed by atoms with Crippen LogP contribution in [-0.4, -0.2) is 14.2 Å². The van der Waals surface area contributed by atoms with Crippen molar-refractivity contribution in [1.29, 1.82) is 0 Å². The van der Waals surface area contributed by atoms with Gasteiger partial charge in [-0.1, -0.05) is 0 Å². The van der Waals surface area contributed by atoms with E-state index in [0.717, 1.165) is 11.1 Å². The van der Waals surface area contributed by atoms with Gasteiger partial charge in [-0.25, -0.2) is 0 Å². The molecule has 0 rings (SSSR count). The fourth-order valence-corrected chi connectivity index (χ4v) is 0.459. The molecule has 0 aliphatic carbocycles. The van der Waals surface area contributed by atoms with E-state index >= 15 is 0 Å². The second kappa shape index (κ2) is 4.91. The Hall–Kier alpha value is -0.920. The summed E-state index contributed by atoms with van der Waals surface area (Å²) in [5.74, 6) is 0. The van der Waals surface area contributed by atoms with E-state index in [1.54, 1.807) is 14.2 Å². The van der Waals surface area contributed by atoms with Gasteiger partial charge in [0.05, 0.1) is 14.2 Å². The Kier molecular flexibility index (Phi) is 4.46. The quantitative estimate of drug-likeness (QED) is 0.438. The first-order valence-electron chi connectivity index (χ1n) is 2.97. The zero-order valence-corrected chi connectivity index (χ0v) is 6.82. The summed E-state index contributed by atoms with van der Waals surface area (Å²) in [6.45, 7) is 3.76. The van der Waals surface area contributed by atoms with Crippen LogP contribution in [-0.2, 0) is 9.47 Å². The first-order valence-corrected chi connectivity index (χ1v) is 2.97. The Labute approximate surface area is 62.1 Å². The molecule has 0 N–H and O–H groups in total. The summed E-state index contributed by atoms with van der Waals surface area (Å²) in [4.78, 5) is 0. The van der Waals surface area contributed by atoms with Gasteiger partial charge in [0.1, 0.15) is 0 Å². The lowest BCUT2D eigenvalue weighted by molar-refractivity contribution is 0.301. The lowest BCUT2D eigenvalue weighted by atomic mass is 10.2. The van der Waals surface area contributed by atoms with Crippen molar-refractivity contribution >= 4 is 0 Å². The molecular formula is C8H12O2. The Balaban J connectivity index is 4.06. The smallest absolute Gasteiger partial charge is 0.164 e. The van der Waals surface area contributed by atoms with Gasteiger partial charge in [-0.15, -0.1) is 0 Å². The third kappa shape index (κ3) is 3.17. The predicted molar refractivity (Wildman–Crippen MR) is 38.9 cm³/mol. The van der Waals surface area contributed by atoms with E-state index in [1.807, 2.05) is 13.8 Å². The average Bonchev–Trinajstić information content (AvgIpc) is 1.89. The van der Waals surface area contributed by atoms with Crippen molar-refractivity contribution in [2.24, 2.45) is 0 Å². The molecule has 2 nitrogen and oxygen atoms in total. The van der Waals surface area contributed by atoms with Crippen LogP contribution in [0.4, 0.5) is 0 Å². The van der Waals surface area contributed by atoms with Gasteiger partial charge >= 0.3 is 0 Å². The minimum absolute atomic E-state index is 0.893. The van der Waals surface area contributed by atoms with Crippen LogP contribution in [0.3, 0.4) is 0 Å². The molecule has 0 aromatic carbocycles. The molecule has 0 saturated carbocycles. The lowest BCUT2D eigenvalue weighted by Gasteiger charge is -1.96. The van der Waals surface area contributed by atoms with Crippen LogP contribution in [0.5, 0.6) is 0 Å². The standard InChI is InChI=1S/C8H12O2/c1-7(5-9-3)8(2)6-10-4/h1-4H3. The highest BCUT2D eigenvalue weighted by Crippen LogP contribution is 2.05. The minimum Gasteiger partial charge on any atom is -0.493 e. The normalized spacial score (nSPS) is 13.2. The van der Waals surface area contributed by atoms with Crippen molar-refractivity contribution in [3.8, 4) is 0 Å². The molecule has 0 bridgehead atoms. The van der Waals surface area contributed by atoms with Gasteiger partial charge in [0.2, 0.25) is 0 Å². The van der Waals surface area contributed by atoms with Crippen LogP contribution in [0.2, 0.25) is 0 Å². The van der Waals surface area contributed by atoms with Gasteiger partial charge in [0.15, 0.2) is 12.5 Å². The van der Waals surface area contributed by atoms with E-state index in [0.29, 0.717) is 0 Å². The van der Waals surface area contributed by atoms with Crippen LogP contribution in [0.1, 0.15) is 13.8 Å². The third-order valence-electron chi connectivity index (χ3n) is 1.07. The molecular weight excluding hydrogens is 128 g/mol. The van der Waals surface area contributed by atoms with Crippen LogP contribution in [0.15, 0.2) is 11.1 Å². The van der Waals surface area contributed by atoms with E-state index in [-0.39, 0.29) is 0 Å². The Morgan fingerprint density at radius 3 is 1.40 bits per heavy atom. The molecule has 0 amide bonds. The molecule has 0 aromatic heterocycles. The van der Waals surface area contributed by atoms with Gasteiger partial charge in [0, 0.05) is 11.1 Å². The van der Waals surface area contributed by atoms with Crippen molar-refractivity contribution in [3.63, 3.8) is 0 Å². The first-order chi connectivity index (χ1) is 4.72. The van der Waals surface area contributed by atoms with Crippen molar-refractivity contribution in [1.82, 2.24) is 0 Å². The van der Waals surface area contributed by atoms with Crippen molar-refractivity contribution in [2.75, 3.05) is 14.2 Å². The minimum atomic E-state index is 0.893. The topological polar surface area (TPSA) is 18.5 Å². The highest BCUT2D eigenvalue weighted by Gasteiger charge is 1.93. The molecule has 0 saturated heterocycles. The molecule has 10 heavy (non-hydrogen) atoms. The maximum Gasteiger partial charge on any atom is 0.164 e. The summed E-state index contributed by atoms with van der Waals surface area (Å²) < 4.78 is 9.34. The van der Waals surface area contributed by atoms with Crippen molar-refractivity contribution in [3.05, 3.63) is 23.7 Å². The lowest BCUT2D eigenvalue weighted by Crippen LogP contribution is -1.83. The SMILES string of the molecule is CO/[C]=C(C)\C(C)=[C]/OC. The maximum atomic E-state index is 4.67. The summed E-state index contributed by atoms with van der Waals surface area (Å²) in [7, 11) is 3.12. The van der Waals surface area contributed by atoms with Crippen LogP contribution >= 0.6 is 0 Å². The first kappa shape index (κ1) is 9.08. The van der Waals surface area contributed by atoms with Crippen LogP contribution in [0.25, 0.3) is 0 Å². The molecule has 0 spiro atoms. The second-order valence-electron chi connectivity index (χ2n) is 1.86. The highest BCUT2D eigenvalue weighted by atomic mass is 16.5. The summed E-state index contributed by atoms with van der Waals surface area (Å²) in [5, 5.41) is 0. The Morgan fingerprint density at radius 1 is 0.900 bits per heavy atom. The average molecular weight is 140 g/mol. The Morgan fingerprint density at radius 2 is 1.20 bits per heavy atom. The van der Waals surface area contributed by atoms with Crippen LogP contribution < -0.4 is 0 Å². The van der Waals surface area contributed by atoms with E-state index in [2.05, 4.69) is 22.0 Å². The van der Waals surface area contributed by atoms with E-state index in [1.165, 1.54) is 0 Å². The van der Waals surface area contributed by atoms with Crippen LogP contribution in [0, 0.1) is 12.5 Å². The molecule has 2 heteroatoms. The molecule has 2 radical (unpaired) electrons. The van der Waals surface area contributed by atoms with Gasteiger partial charge in [-0.3, -0.25) is 0 Å². The number of rotatable bonds is 3. The fraction of sp³-hybridized carbons (Fsp3) is 0.500. The van der Waals surface area contributed by atoms with E-state index in [4.69, 9.17) is 0 Å². The molecule has 0 aliphatic rings. The third-order valence-corrected chi connectivity index (χ3v) is 1.07. The van der Waals surface area contributed by atoms with Gasteiger partial charge in [0.25, 0.3) is 0 Å². The fourth-order valence-electron chi connectivity index (χ4n) is 0.459. The highest BCUT2D eigenvalue weighted by molar-refractivity contribution is 5.19. The number of ether oxygens (including phenoxy) is 2. The summed E-state index contributed by atoms with van der Waals surface area (Å²) in [5.41, 5.74) is 1.79. The molecule has 0 aliphatic heterocycles. The largest absolute Gasteiger partial charge is 0.493 e. The number of methoxy groups -OCH3 is 2. The van der Waals surface area contributed by atoms with Gasteiger partial charge in [-0.2, -0.15) is 0 Å². The van der Waals surface area contributed by atoms with Gasteiger partial charge < -0.3 is 9.47 Å². The van der Waals surface area contributed by atoms with E-state index < -0.39 is 0 Å².